The van der Waals surface area contributed by atoms with Gasteiger partial charge in [-0.1, -0.05) is 18.2 Å². The molecule has 0 aliphatic carbocycles. The van der Waals surface area contributed by atoms with Gasteiger partial charge in [0.05, 0.1) is 13.3 Å². The quantitative estimate of drug-likeness (QED) is 0.837. The minimum atomic E-state index is -0.121. The molecule has 0 aromatic heterocycles. The Balaban J connectivity index is 2.04. The molecule has 1 heterocycles. The molecule has 2 rings (SSSR count). The summed E-state index contributed by atoms with van der Waals surface area (Å²) in [6, 6.07) is 10.4. The van der Waals surface area contributed by atoms with Crippen molar-refractivity contribution >= 4 is 5.69 Å². The van der Waals surface area contributed by atoms with Gasteiger partial charge in [0.1, 0.15) is 0 Å². The summed E-state index contributed by atoms with van der Waals surface area (Å²) in [5, 5.41) is 9.35. The summed E-state index contributed by atoms with van der Waals surface area (Å²) in [5.41, 5.74) is 1.14. The van der Waals surface area contributed by atoms with Crippen LogP contribution in [0.3, 0.4) is 0 Å². The van der Waals surface area contributed by atoms with Gasteiger partial charge in [-0.15, -0.1) is 0 Å². The average Bonchev–Trinajstić information content (AvgIpc) is 2.80. The van der Waals surface area contributed by atoms with Crippen LogP contribution < -0.4 is 4.90 Å². The third kappa shape index (κ3) is 2.20. The van der Waals surface area contributed by atoms with Crippen molar-refractivity contribution in [3.63, 3.8) is 0 Å². The van der Waals surface area contributed by atoms with Crippen LogP contribution >= 0.6 is 0 Å². The fourth-order valence-corrected chi connectivity index (χ4v) is 2.03. The highest BCUT2D eigenvalue weighted by atomic mass is 16.3. The summed E-state index contributed by atoms with van der Waals surface area (Å²) in [5.74, 6) is 0. The fourth-order valence-electron chi connectivity index (χ4n) is 2.03. The van der Waals surface area contributed by atoms with Crippen LogP contribution in [0.4, 0.5) is 5.69 Å². The van der Waals surface area contributed by atoms with Gasteiger partial charge >= 0.3 is 0 Å². The van der Waals surface area contributed by atoms with Gasteiger partial charge in [0.25, 0.3) is 0 Å². The normalized spacial score (nSPS) is 18.1. The molecule has 0 unspecified atom stereocenters. The van der Waals surface area contributed by atoms with Crippen LogP contribution in [-0.2, 0) is 0 Å². The minimum absolute atomic E-state index is 0.121. The summed E-state index contributed by atoms with van der Waals surface area (Å²) in [4.78, 5) is 4.66. The Morgan fingerprint density at radius 3 is 2.50 bits per heavy atom. The molecule has 1 aliphatic heterocycles. The van der Waals surface area contributed by atoms with E-state index >= 15 is 0 Å². The first-order valence-electron chi connectivity index (χ1n) is 5.79. The predicted octanol–water partition coefficient (Wildman–Crippen LogP) is 1.54. The molecular weight excluding hydrogens is 200 g/mol. The number of aliphatic hydroxyl groups excluding tert-OH is 1. The smallest absolute Gasteiger partial charge is 0.0713 e. The van der Waals surface area contributed by atoms with Crippen LogP contribution in [0, 0.1) is 0 Å². The predicted molar refractivity (Wildman–Crippen MR) is 66.5 cm³/mol. The Hall–Kier alpha value is -1.06. The van der Waals surface area contributed by atoms with E-state index in [1.54, 1.807) is 0 Å². The highest BCUT2D eigenvalue weighted by molar-refractivity contribution is 5.46. The van der Waals surface area contributed by atoms with Gasteiger partial charge < -0.3 is 10.0 Å². The number of rotatable bonds is 3. The second-order valence-electron chi connectivity index (χ2n) is 4.97. The van der Waals surface area contributed by atoms with Gasteiger partial charge in [-0.3, -0.25) is 4.90 Å². The molecule has 16 heavy (non-hydrogen) atoms. The lowest BCUT2D eigenvalue weighted by Crippen LogP contribution is -2.46. The molecular formula is C13H20N2O. The first-order valence-corrected chi connectivity index (χ1v) is 5.79. The van der Waals surface area contributed by atoms with Crippen LogP contribution in [0.5, 0.6) is 0 Å². The third-order valence-electron chi connectivity index (χ3n) is 3.35. The van der Waals surface area contributed by atoms with Gasteiger partial charge in [-0.05, 0) is 26.0 Å². The van der Waals surface area contributed by atoms with E-state index in [2.05, 4.69) is 47.9 Å². The molecule has 3 nitrogen and oxygen atoms in total. The van der Waals surface area contributed by atoms with E-state index in [4.69, 9.17) is 0 Å². The fraction of sp³-hybridized carbons (Fsp3) is 0.538. The molecule has 1 aromatic rings. The van der Waals surface area contributed by atoms with Crippen LogP contribution in [0.25, 0.3) is 0 Å². The van der Waals surface area contributed by atoms with Crippen LogP contribution in [0.15, 0.2) is 30.3 Å². The number of aliphatic hydroxyl groups is 1. The van der Waals surface area contributed by atoms with E-state index in [0.717, 1.165) is 19.8 Å². The van der Waals surface area contributed by atoms with Crippen molar-refractivity contribution < 1.29 is 5.11 Å². The van der Waals surface area contributed by atoms with E-state index in [0.29, 0.717) is 0 Å². The Morgan fingerprint density at radius 2 is 1.88 bits per heavy atom. The summed E-state index contributed by atoms with van der Waals surface area (Å²) in [7, 11) is 0. The molecule has 0 spiro atoms. The van der Waals surface area contributed by atoms with Crippen LogP contribution in [0.2, 0.25) is 0 Å². The van der Waals surface area contributed by atoms with Crippen molar-refractivity contribution in [1.29, 1.82) is 0 Å². The lowest BCUT2D eigenvalue weighted by molar-refractivity contribution is 0.0786. The van der Waals surface area contributed by atoms with Crippen LogP contribution in [0.1, 0.15) is 13.8 Å². The molecule has 0 radical (unpaired) electrons. The van der Waals surface area contributed by atoms with Crippen molar-refractivity contribution in [2.75, 3.05) is 31.3 Å². The van der Waals surface area contributed by atoms with Gasteiger partial charge in [-0.2, -0.15) is 0 Å². The summed E-state index contributed by atoms with van der Waals surface area (Å²) >= 11 is 0. The van der Waals surface area contributed by atoms with Crippen molar-refractivity contribution in [1.82, 2.24) is 4.90 Å². The highest BCUT2D eigenvalue weighted by Gasteiger charge is 2.31. The number of hydrogen-bond donors (Lipinski definition) is 1. The zero-order chi connectivity index (χ0) is 11.6. The molecule has 1 fully saturated rings. The molecule has 3 heteroatoms. The second kappa shape index (κ2) is 4.44. The van der Waals surface area contributed by atoms with E-state index < -0.39 is 0 Å². The Morgan fingerprint density at radius 1 is 1.19 bits per heavy atom. The monoisotopic (exact) mass is 220 g/mol. The minimum Gasteiger partial charge on any atom is -0.394 e. The van der Waals surface area contributed by atoms with E-state index in [1.165, 1.54) is 5.69 Å². The average molecular weight is 220 g/mol. The SMILES string of the molecule is CC(C)(CO)N1CCN(c2ccccc2)C1. The Labute approximate surface area is 97.3 Å². The molecule has 1 saturated heterocycles. The second-order valence-corrected chi connectivity index (χ2v) is 4.97. The molecule has 0 atom stereocenters. The number of benzene rings is 1. The first-order chi connectivity index (χ1) is 7.63. The van der Waals surface area contributed by atoms with E-state index in [9.17, 15) is 5.11 Å². The number of hydrogen-bond acceptors (Lipinski definition) is 3. The van der Waals surface area contributed by atoms with E-state index in [1.807, 2.05) is 6.07 Å². The Bertz CT molecular complexity index is 337. The molecule has 88 valence electrons. The zero-order valence-electron chi connectivity index (χ0n) is 10.1. The largest absolute Gasteiger partial charge is 0.394 e. The van der Waals surface area contributed by atoms with Crippen LogP contribution in [-0.4, -0.2) is 41.9 Å². The van der Waals surface area contributed by atoms with Crippen molar-refractivity contribution in [3.8, 4) is 0 Å². The summed E-state index contributed by atoms with van der Waals surface area (Å²) < 4.78 is 0. The third-order valence-corrected chi connectivity index (χ3v) is 3.35. The van der Waals surface area contributed by atoms with Gasteiger partial charge in [-0.25, -0.2) is 0 Å². The lowest BCUT2D eigenvalue weighted by atomic mass is 10.1. The maximum atomic E-state index is 9.35. The van der Waals surface area contributed by atoms with Gasteiger partial charge in [0.15, 0.2) is 0 Å². The van der Waals surface area contributed by atoms with Crippen molar-refractivity contribution in [2.24, 2.45) is 0 Å². The maximum Gasteiger partial charge on any atom is 0.0713 e. The molecule has 0 bridgehead atoms. The Kier molecular flexibility index (Phi) is 3.17. The molecule has 0 amide bonds. The number of para-hydroxylation sites is 1. The first kappa shape index (κ1) is 11.4. The molecule has 1 aliphatic rings. The summed E-state index contributed by atoms with van der Waals surface area (Å²) in [6.07, 6.45) is 0. The number of nitrogens with zero attached hydrogens (tertiary/aromatic N) is 2. The number of anilines is 1. The van der Waals surface area contributed by atoms with Gasteiger partial charge in [0.2, 0.25) is 0 Å². The maximum absolute atomic E-state index is 9.35. The highest BCUT2D eigenvalue weighted by Crippen LogP contribution is 2.23. The molecule has 1 N–H and O–H groups in total. The topological polar surface area (TPSA) is 26.7 Å². The summed E-state index contributed by atoms with van der Waals surface area (Å²) in [6.45, 7) is 7.33. The molecule has 0 saturated carbocycles. The van der Waals surface area contributed by atoms with Gasteiger partial charge in [0, 0.05) is 24.3 Å². The van der Waals surface area contributed by atoms with Crippen molar-refractivity contribution in [2.45, 2.75) is 19.4 Å². The lowest BCUT2D eigenvalue weighted by Gasteiger charge is -2.33. The van der Waals surface area contributed by atoms with Crippen molar-refractivity contribution in [3.05, 3.63) is 30.3 Å². The molecule has 1 aromatic carbocycles. The zero-order valence-corrected chi connectivity index (χ0v) is 10.1. The van der Waals surface area contributed by atoms with E-state index in [-0.39, 0.29) is 12.1 Å². The standard InChI is InChI=1S/C13H20N2O/c1-13(2,10-16)15-9-8-14(11-15)12-6-4-3-5-7-12/h3-7,16H,8-11H2,1-2H3.